The predicted molar refractivity (Wildman–Crippen MR) is 78.3 cm³/mol. The van der Waals surface area contributed by atoms with Crippen LogP contribution in [0.2, 0.25) is 5.28 Å². The molecule has 0 aliphatic carbocycles. The van der Waals surface area contributed by atoms with Crippen LogP contribution in [0.15, 0.2) is 0 Å². The molecule has 2 rings (SSSR count). The summed E-state index contributed by atoms with van der Waals surface area (Å²) in [5.41, 5.74) is 1.18. The number of nitrogens with zero attached hydrogens (tertiary/aromatic N) is 2. The maximum atomic E-state index is 8.62. The fourth-order valence-electron chi connectivity index (χ4n) is 1.76. The second-order valence-electron chi connectivity index (χ2n) is 4.07. The van der Waals surface area contributed by atoms with Crippen LogP contribution in [-0.2, 0) is 4.74 Å². The van der Waals surface area contributed by atoms with Gasteiger partial charge in [-0.25, -0.2) is 9.97 Å². The number of aryl methyl sites for hydroxylation is 2. The molecule has 7 heteroatoms. The van der Waals surface area contributed by atoms with Gasteiger partial charge in [-0.3, -0.25) is 0 Å². The third kappa shape index (κ3) is 3.33. The summed E-state index contributed by atoms with van der Waals surface area (Å²) in [7, 11) is 0. The molecule has 0 saturated carbocycles. The van der Waals surface area contributed by atoms with Crippen LogP contribution in [0.5, 0.6) is 0 Å². The minimum atomic E-state index is 0.0341. The van der Waals surface area contributed by atoms with Crippen molar-refractivity contribution in [1.82, 2.24) is 9.97 Å². The highest BCUT2D eigenvalue weighted by Gasteiger charge is 2.13. The number of ether oxygens (including phenoxy) is 1. The molecule has 0 radical (unpaired) electrons. The molecule has 5 nitrogen and oxygen atoms in total. The van der Waals surface area contributed by atoms with Gasteiger partial charge in [0.25, 0.3) is 0 Å². The fraction of sp³-hybridized carbons (Fsp3) is 0.500. The van der Waals surface area contributed by atoms with Crippen molar-refractivity contribution in [2.75, 3.05) is 31.7 Å². The topological polar surface area (TPSA) is 67.3 Å². The summed E-state index contributed by atoms with van der Waals surface area (Å²) in [4.78, 5) is 10.6. The normalized spacial score (nSPS) is 11.2. The molecule has 0 amide bonds. The molecule has 0 saturated heterocycles. The van der Waals surface area contributed by atoms with Crippen LogP contribution in [0.3, 0.4) is 0 Å². The molecule has 2 aromatic heterocycles. The largest absolute Gasteiger partial charge is 0.394 e. The lowest BCUT2D eigenvalue weighted by Crippen LogP contribution is -2.12. The number of aliphatic hydroxyl groups is 1. The van der Waals surface area contributed by atoms with Gasteiger partial charge in [0.05, 0.1) is 25.2 Å². The molecule has 0 unspecified atom stereocenters. The van der Waals surface area contributed by atoms with Crippen molar-refractivity contribution in [2.45, 2.75) is 13.8 Å². The standard InChI is InChI=1S/C12H16ClN3O2S/c1-7-8(2)19-11-9(7)10(15-12(13)16-11)14-3-5-18-6-4-17/h17H,3-6H2,1-2H3,(H,14,15,16). The van der Waals surface area contributed by atoms with E-state index in [9.17, 15) is 0 Å². The van der Waals surface area contributed by atoms with Crippen LogP contribution >= 0.6 is 22.9 Å². The summed E-state index contributed by atoms with van der Waals surface area (Å²) < 4.78 is 5.20. The van der Waals surface area contributed by atoms with E-state index in [2.05, 4.69) is 29.1 Å². The summed E-state index contributed by atoms with van der Waals surface area (Å²) in [5.74, 6) is 0.740. The summed E-state index contributed by atoms with van der Waals surface area (Å²) in [6, 6.07) is 0. The molecule has 0 bridgehead atoms. The smallest absolute Gasteiger partial charge is 0.225 e. The second kappa shape index (κ2) is 6.47. The Morgan fingerprint density at radius 3 is 2.84 bits per heavy atom. The molecular weight excluding hydrogens is 286 g/mol. The van der Waals surface area contributed by atoms with Crippen LogP contribution in [0.1, 0.15) is 10.4 Å². The SMILES string of the molecule is Cc1sc2nc(Cl)nc(NCCOCCO)c2c1C. The van der Waals surface area contributed by atoms with Crippen molar-refractivity contribution in [3.63, 3.8) is 0 Å². The Morgan fingerprint density at radius 1 is 1.32 bits per heavy atom. The Hall–Kier alpha value is -0.950. The first-order chi connectivity index (χ1) is 9.13. The van der Waals surface area contributed by atoms with E-state index in [0.29, 0.717) is 19.8 Å². The van der Waals surface area contributed by atoms with Crippen molar-refractivity contribution < 1.29 is 9.84 Å². The first-order valence-electron chi connectivity index (χ1n) is 5.99. The number of thiophene rings is 1. The van der Waals surface area contributed by atoms with Crippen molar-refractivity contribution in [3.05, 3.63) is 15.7 Å². The molecule has 104 valence electrons. The van der Waals surface area contributed by atoms with E-state index in [1.165, 1.54) is 10.4 Å². The average Bonchev–Trinajstić information content (AvgIpc) is 2.64. The van der Waals surface area contributed by atoms with Gasteiger partial charge in [-0.2, -0.15) is 0 Å². The maximum absolute atomic E-state index is 8.62. The van der Waals surface area contributed by atoms with Crippen LogP contribution in [0, 0.1) is 13.8 Å². The highest BCUT2D eigenvalue weighted by molar-refractivity contribution is 7.18. The molecule has 2 heterocycles. The number of rotatable bonds is 6. The predicted octanol–water partition coefficient (Wildman–Crippen LogP) is 2.38. The molecular formula is C12H16ClN3O2S. The van der Waals surface area contributed by atoms with E-state index < -0.39 is 0 Å². The van der Waals surface area contributed by atoms with Gasteiger partial charge in [0.1, 0.15) is 10.6 Å². The molecule has 0 spiro atoms. The van der Waals surface area contributed by atoms with Gasteiger partial charge in [-0.1, -0.05) is 0 Å². The van der Waals surface area contributed by atoms with E-state index >= 15 is 0 Å². The van der Waals surface area contributed by atoms with E-state index in [1.807, 2.05) is 0 Å². The Bertz CT molecular complexity index is 574. The van der Waals surface area contributed by atoms with Gasteiger partial charge in [0, 0.05) is 11.4 Å². The number of halogens is 1. The van der Waals surface area contributed by atoms with Gasteiger partial charge in [-0.05, 0) is 31.0 Å². The van der Waals surface area contributed by atoms with Crippen LogP contribution < -0.4 is 5.32 Å². The van der Waals surface area contributed by atoms with E-state index in [0.717, 1.165) is 16.0 Å². The number of fused-ring (bicyclic) bond motifs is 1. The van der Waals surface area contributed by atoms with E-state index in [4.69, 9.17) is 21.4 Å². The quantitative estimate of drug-likeness (QED) is 0.633. The Labute approximate surface area is 120 Å². The van der Waals surface area contributed by atoms with E-state index in [1.54, 1.807) is 11.3 Å². The highest BCUT2D eigenvalue weighted by atomic mass is 35.5. The maximum Gasteiger partial charge on any atom is 0.225 e. The molecule has 0 fully saturated rings. The van der Waals surface area contributed by atoms with Gasteiger partial charge in [-0.15, -0.1) is 11.3 Å². The van der Waals surface area contributed by atoms with Crippen molar-refractivity contribution in [2.24, 2.45) is 0 Å². The number of hydrogen-bond acceptors (Lipinski definition) is 6. The summed E-state index contributed by atoms with van der Waals surface area (Å²) in [5, 5.41) is 13.1. The zero-order chi connectivity index (χ0) is 13.8. The zero-order valence-corrected chi connectivity index (χ0v) is 12.4. The van der Waals surface area contributed by atoms with E-state index in [-0.39, 0.29) is 11.9 Å². The fourth-order valence-corrected chi connectivity index (χ4v) is 3.01. The number of anilines is 1. The molecule has 0 atom stereocenters. The lowest BCUT2D eigenvalue weighted by molar-refractivity contribution is 0.0992. The number of nitrogens with one attached hydrogen (secondary N) is 1. The summed E-state index contributed by atoms with van der Waals surface area (Å²) in [6.45, 7) is 5.61. The van der Waals surface area contributed by atoms with Gasteiger partial charge < -0.3 is 15.2 Å². The minimum absolute atomic E-state index is 0.0341. The number of aliphatic hydroxyl groups excluding tert-OH is 1. The third-order valence-corrected chi connectivity index (χ3v) is 4.05. The summed E-state index contributed by atoms with van der Waals surface area (Å²) in [6.07, 6.45) is 0. The zero-order valence-electron chi connectivity index (χ0n) is 10.9. The van der Waals surface area contributed by atoms with Gasteiger partial charge in [0.2, 0.25) is 5.28 Å². The summed E-state index contributed by atoms with van der Waals surface area (Å²) >= 11 is 7.54. The second-order valence-corrected chi connectivity index (χ2v) is 5.61. The van der Waals surface area contributed by atoms with Gasteiger partial charge >= 0.3 is 0 Å². The van der Waals surface area contributed by atoms with Crippen LogP contribution in [0.4, 0.5) is 5.82 Å². The lowest BCUT2D eigenvalue weighted by Gasteiger charge is -2.08. The van der Waals surface area contributed by atoms with Crippen molar-refractivity contribution in [3.8, 4) is 0 Å². The Kier molecular flexibility index (Phi) is 4.93. The molecule has 2 aromatic rings. The monoisotopic (exact) mass is 301 g/mol. The number of hydrogen-bond donors (Lipinski definition) is 2. The van der Waals surface area contributed by atoms with Gasteiger partial charge in [0.15, 0.2) is 0 Å². The minimum Gasteiger partial charge on any atom is -0.394 e. The first kappa shape index (κ1) is 14.5. The van der Waals surface area contributed by atoms with Crippen LogP contribution in [-0.4, -0.2) is 41.4 Å². The van der Waals surface area contributed by atoms with Crippen molar-refractivity contribution >= 4 is 39.0 Å². The number of aromatic nitrogens is 2. The molecule has 2 N–H and O–H groups in total. The average molecular weight is 302 g/mol. The van der Waals surface area contributed by atoms with Crippen LogP contribution in [0.25, 0.3) is 10.2 Å². The highest BCUT2D eigenvalue weighted by Crippen LogP contribution is 2.33. The molecule has 19 heavy (non-hydrogen) atoms. The third-order valence-electron chi connectivity index (χ3n) is 2.78. The first-order valence-corrected chi connectivity index (χ1v) is 7.18. The molecule has 0 aliphatic rings. The lowest BCUT2D eigenvalue weighted by atomic mass is 10.2. The molecule has 0 aliphatic heterocycles. The van der Waals surface area contributed by atoms with Crippen molar-refractivity contribution in [1.29, 1.82) is 0 Å². The molecule has 0 aromatic carbocycles. The Balaban J connectivity index is 2.17. The Morgan fingerprint density at radius 2 is 2.11 bits per heavy atom.